The van der Waals surface area contributed by atoms with Crippen molar-refractivity contribution < 1.29 is 4.92 Å². The molecule has 0 N–H and O–H groups in total. The number of nitro groups is 1. The predicted molar refractivity (Wildman–Crippen MR) is 98.9 cm³/mol. The van der Waals surface area contributed by atoms with Gasteiger partial charge in [0.25, 0.3) is 0 Å². The highest BCUT2D eigenvalue weighted by atomic mass is 32.1. The van der Waals surface area contributed by atoms with Gasteiger partial charge in [-0.1, -0.05) is 0 Å². The van der Waals surface area contributed by atoms with Crippen LogP contribution in [0.5, 0.6) is 0 Å². The zero-order valence-electron chi connectivity index (χ0n) is 14.3. The minimum atomic E-state index is -0.484. The highest BCUT2D eigenvalue weighted by Gasteiger charge is 2.17. The van der Waals surface area contributed by atoms with Crippen molar-refractivity contribution in [3.8, 4) is 0 Å². The van der Waals surface area contributed by atoms with Gasteiger partial charge in [-0.05, 0) is 25.5 Å². The monoisotopic (exact) mass is 380 g/mol. The van der Waals surface area contributed by atoms with E-state index in [0.29, 0.717) is 11.5 Å². The Morgan fingerprint density at radius 1 is 1.30 bits per heavy atom. The molecule has 5 aromatic rings. The van der Waals surface area contributed by atoms with Crippen LogP contribution in [0.4, 0.5) is 5.69 Å². The quantitative estimate of drug-likeness (QED) is 0.349. The van der Waals surface area contributed by atoms with E-state index in [-0.39, 0.29) is 12.2 Å². The molecule has 0 aliphatic carbocycles. The fraction of sp³-hybridized carbons (Fsp3) is 0.188. The van der Waals surface area contributed by atoms with Crippen LogP contribution in [0, 0.1) is 24.0 Å². The van der Waals surface area contributed by atoms with Crippen LogP contribution in [0.25, 0.3) is 26.1 Å². The normalized spacial score (nSPS) is 11.8. The third kappa shape index (κ3) is 2.43. The lowest BCUT2D eigenvalue weighted by Crippen LogP contribution is -2.02. The Balaban J connectivity index is 1.65. The molecule has 11 heteroatoms. The topological polar surface area (TPSA) is 117 Å². The molecule has 0 atom stereocenters. The van der Waals surface area contributed by atoms with Crippen LogP contribution >= 0.6 is 11.3 Å². The van der Waals surface area contributed by atoms with E-state index in [1.807, 2.05) is 13.0 Å². The van der Waals surface area contributed by atoms with E-state index in [2.05, 4.69) is 32.1 Å². The molecule has 10 nitrogen and oxygen atoms in total. The first-order chi connectivity index (χ1) is 13.0. The van der Waals surface area contributed by atoms with E-state index in [9.17, 15) is 10.1 Å². The summed E-state index contributed by atoms with van der Waals surface area (Å²) in [5.74, 6) is 0.501. The Labute approximate surface area is 155 Å². The highest BCUT2D eigenvalue weighted by molar-refractivity contribution is 7.26. The van der Waals surface area contributed by atoms with Crippen molar-refractivity contribution in [2.24, 2.45) is 0 Å². The van der Waals surface area contributed by atoms with Crippen LogP contribution in [-0.4, -0.2) is 39.3 Å². The van der Waals surface area contributed by atoms with Crippen LogP contribution in [0.3, 0.4) is 0 Å². The van der Waals surface area contributed by atoms with Crippen molar-refractivity contribution in [3.63, 3.8) is 0 Å². The van der Waals surface area contributed by atoms with Crippen molar-refractivity contribution in [2.75, 3.05) is 0 Å². The van der Waals surface area contributed by atoms with Gasteiger partial charge in [-0.15, -0.1) is 16.4 Å². The van der Waals surface area contributed by atoms with Crippen molar-refractivity contribution in [1.82, 2.24) is 34.3 Å². The Morgan fingerprint density at radius 2 is 2.15 bits per heavy atom. The minimum Gasteiger partial charge on any atom is -0.258 e. The lowest BCUT2D eigenvalue weighted by molar-refractivity contribution is -0.385. The van der Waals surface area contributed by atoms with E-state index in [1.165, 1.54) is 28.4 Å². The van der Waals surface area contributed by atoms with Gasteiger partial charge in [0.2, 0.25) is 0 Å². The molecule has 0 bridgehead atoms. The zero-order valence-corrected chi connectivity index (χ0v) is 15.1. The average molecular weight is 380 g/mol. The lowest BCUT2D eigenvalue weighted by atomic mass is 10.1. The van der Waals surface area contributed by atoms with E-state index < -0.39 is 4.92 Å². The fourth-order valence-corrected chi connectivity index (χ4v) is 4.38. The summed E-state index contributed by atoms with van der Waals surface area (Å²) < 4.78 is 3.98. The Bertz CT molecular complexity index is 1370. The third-order valence-electron chi connectivity index (χ3n) is 4.27. The molecule has 0 saturated carbocycles. The van der Waals surface area contributed by atoms with Gasteiger partial charge in [0.05, 0.1) is 10.4 Å². The number of nitrogens with zero attached hydrogens (tertiary/aromatic N) is 8. The summed E-state index contributed by atoms with van der Waals surface area (Å²) >= 11 is 1.54. The van der Waals surface area contributed by atoms with Crippen molar-refractivity contribution in [1.29, 1.82) is 0 Å². The number of aromatic nitrogens is 7. The second-order valence-electron chi connectivity index (χ2n) is 6.23. The van der Waals surface area contributed by atoms with Crippen molar-refractivity contribution in [2.45, 2.75) is 20.4 Å². The maximum absolute atomic E-state index is 10.8. The molecule has 0 amide bonds. The lowest BCUT2D eigenvalue weighted by Gasteiger charge is -1.98. The van der Waals surface area contributed by atoms with E-state index in [4.69, 9.17) is 0 Å². The molecule has 5 rings (SSSR count). The molecule has 0 unspecified atom stereocenters. The molecule has 134 valence electrons. The second-order valence-corrected chi connectivity index (χ2v) is 7.23. The summed E-state index contributed by atoms with van der Waals surface area (Å²) in [7, 11) is 0. The number of pyridine rings is 1. The summed E-state index contributed by atoms with van der Waals surface area (Å²) in [6.07, 6.45) is 4.19. The number of hydrogen-bond acceptors (Lipinski definition) is 8. The van der Waals surface area contributed by atoms with E-state index >= 15 is 0 Å². The first-order valence-electron chi connectivity index (χ1n) is 8.07. The van der Waals surface area contributed by atoms with Gasteiger partial charge in [-0.25, -0.2) is 19.5 Å². The Morgan fingerprint density at radius 3 is 2.93 bits per heavy atom. The van der Waals surface area contributed by atoms with Gasteiger partial charge in [-0.2, -0.15) is 5.10 Å². The zero-order chi connectivity index (χ0) is 18.7. The van der Waals surface area contributed by atoms with Gasteiger partial charge in [0, 0.05) is 11.1 Å². The molecular weight excluding hydrogens is 368 g/mol. The van der Waals surface area contributed by atoms with E-state index in [1.54, 1.807) is 10.8 Å². The van der Waals surface area contributed by atoms with Crippen LogP contribution in [0.1, 0.15) is 17.1 Å². The maximum Gasteiger partial charge on any atom is 0.307 e. The summed E-state index contributed by atoms with van der Waals surface area (Å²) in [4.78, 5) is 25.0. The van der Waals surface area contributed by atoms with Gasteiger partial charge in [0.1, 0.15) is 34.8 Å². The average Bonchev–Trinajstić information content (AvgIpc) is 3.29. The SMILES string of the molecule is Cc1cc(C)c2c(n1)sc1c2ncn2nc(Cn3cc([N+](=O)[O-])cn3)nc12. The third-order valence-corrected chi connectivity index (χ3v) is 5.34. The molecule has 0 radical (unpaired) electrons. The number of hydrogen-bond donors (Lipinski definition) is 0. The highest BCUT2D eigenvalue weighted by Crippen LogP contribution is 2.35. The summed E-state index contributed by atoms with van der Waals surface area (Å²) in [6.45, 7) is 4.26. The fourth-order valence-electron chi connectivity index (χ4n) is 3.16. The number of thiophene rings is 1. The Hall–Kier alpha value is -3.47. The first-order valence-corrected chi connectivity index (χ1v) is 8.89. The molecule has 0 aromatic carbocycles. The van der Waals surface area contributed by atoms with Gasteiger partial charge in [0.15, 0.2) is 11.5 Å². The van der Waals surface area contributed by atoms with Crippen LogP contribution in [0.15, 0.2) is 24.8 Å². The minimum absolute atomic E-state index is 0.0655. The van der Waals surface area contributed by atoms with Crippen LogP contribution in [-0.2, 0) is 6.54 Å². The summed E-state index contributed by atoms with van der Waals surface area (Å²) in [5, 5.41) is 20.2. The molecule has 0 aliphatic rings. The van der Waals surface area contributed by atoms with Gasteiger partial charge < -0.3 is 0 Å². The van der Waals surface area contributed by atoms with Gasteiger partial charge >= 0.3 is 5.69 Å². The van der Waals surface area contributed by atoms with Crippen molar-refractivity contribution in [3.05, 3.63) is 52.0 Å². The summed E-state index contributed by atoms with van der Waals surface area (Å²) in [5.41, 5.74) is 3.58. The molecule has 0 aliphatic heterocycles. The molecule has 0 saturated heterocycles. The van der Waals surface area contributed by atoms with Gasteiger partial charge in [-0.3, -0.25) is 14.8 Å². The molecular formula is C16H12N8O2S. The summed E-state index contributed by atoms with van der Waals surface area (Å²) in [6, 6.07) is 2.04. The predicted octanol–water partition coefficient (Wildman–Crippen LogP) is 2.66. The molecule has 0 spiro atoms. The van der Waals surface area contributed by atoms with Crippen molar-refractivity contribution >= 4 is 43.1 Å². The second kappa shape index (κ2) is 5.51. The number of rotatable bonds is 3. The number of fused-ring (bicyclic) bond motifs is 5. The first kappa shape index (κ1) is 15.8. The van der Waals surface area contributed by atoms with E-state index in [0.717, 1.165) is 31.7 Å². The molecule has 5 aromatic heterocycles. The molecule has 0 fully saturated rings. The maximum atomic E-state index is 10.8. The van der Waals surface area contributed by atoms with Crippen LogP contribution < -0.4 is 0 Å². The number of aryl methyl sites for hydroxylation is 2. The smallest absolute Gasteiger partial charge is 0.258 e. The Kier molecular flexibility index (Phi) is 3.22. The standard InChI is InChI=1S/C16H12N8O2S/c1-8-3-9(2)19-16-12(8)13-14(27-16)15-20-11(21-23(15)7-17-13)6-22-5-10(4-18-22)24(25)26/h3-5,7H,6H2,1-2H3. The molecule has 27 heavy (non-hydrogen) atoms. The van der Waals surface area contributed by atoms with Crippen LogP contribution in [0.2, 0.25) is 0 Å². The largest absolute Gasteiger partial charge is 0.307 e. The molecule has 5 heterocycles.